The van der Waals surface area contributed by atoms with E-state index in [0.29, 0.717) is 43.3 Å². The molecule has 0 spiro atoms. The molecule has 1 fully saturated rings. The van der Waals surface area contributed by atoms with Gasteiger partial charge in [-0.2, -0.15) is 0 Å². The van der Waals surface area contributed by atoms with Crippen LogP contribution < -0.4 is 10.0 Å². The van der Waals surface area contributed by atoms with Gasteiger partial charge in [0.05, 0.1) is 36.8 Å². The van der Waals surface area contributed by atoms with Gasteiger partial charge in [-0.15, -0.1) is 0 Å². The SMILES string of the molecule is O=C1Cc2cc(S(=O)(=O)NCC(c3ccco3)N3CCOCC3)ccc2N1. The average molecular weight is 391 g/mol. The maximum atomic E-state index is 12.8. The molecule has 1 saturated heterocycles. The number of benzene rings is 1. The van der Waals surface area contributed by atoms with Crippen LogP contribution in [0.25, 0.3) is 0 Å². The highest BCUT2D eigenvalue weighted by Crippen LogP contribution is 2.26. The summed E-state index contributed by atoms with van der Waals surface area (Å²) in [4.78, 5) is 13.8. The number of sulfonamides is 1. The minimum Gasteiger partial charge on any atom is -0.468 e. The summed E-state index contributed by atoms with van der Waals surface area (Å²) in [7, 11) is -3.71. The number of ether oxygens (including phenoxy) is 1. The lowest BCUT2D eigenvalue weighted by Gasteiger charge is -2.33. The quantitative estimate of drug-likeness (QED) is 0.766. The minimum absolute atomic E-state index is 0.127. The molecule has 2 N–H and O–H groups in total. The van der Waals surface area contributed by atoms with E-state index < -0.39 is 10.0 Å². The number of furan rings is 1. The molecule has 0 radical (unpaired) electrons. The van der Waals surface area contributed by atoms with E-state index in [1.54, 1.807) is 24.5 Å². The molecule has 144 valence electrons. The summed E-state index contributed by atoms with van der Waals surface area (Å²) in [5, 5.41) is 2.70. The van der Waals surface area contributed by atoms with E-state index in [0.717, 1.165) is 0 Å². The van der Waals surface area contributed by atoms with Crippen molar-refractivity contribution in [3.63, 3.8) is 0 Å². The van der Waals surface area contributed by atoms with E-state index in [1.807, 2.05) is 6.07 Å². The first-order valence-electron chi connectivity index (χ1n) is 8.80. The molecule has 27 heavy (non-hydrogen) atoms. The van der Waals surface area contributed by atoms with Gasteiger partial charge < -0.3 is 14.5 Å². The van der Waals surface area contributed by atoms with Gasteiger partial charge in [0.1, 0.15) is 5.76 Å². The van der Waals surface area contributed by atoms with Crippen LogP contribution in [0.4, 0.5) is 5.69 Å². The summed E-state index contributed by atoms with van der Waals surface area (Å²) in [5.74, 6) is 0.584. The average Bonchev–Trinajstić information content (AvgIpc) is 3.31. The maximum absolute atomic E-state index is 12.8. The van der Waals surface area contributed by atoms with Crippen molar-refractivity contribution in [3.05, 3.63) is 47.9 Å². The molecule has 1 amide bonds. The number of carbonyl (C=O) groups is 1. The summed E-state index contributed by atoms with van der Waals surface area (Å²) >= 11 is 0. The van der Waals surface area contributed by atoms with Crippen molar-refractivity contribution >= 4 is 21.6 Å². The first-order chi connectivity index (χ1) is 13.0. The van der Waals surface area contributed by atoms with E-state index in [2.05, 4.69) is 14.9 Å². The molecule has 2 aromatic rings. The molecule has 1 aromatic carbocycles. The first-order valence-corrected chi connectivity index (χ1v) is 10.3. The monoisotopic (exact) mass is 391 g/mol. The molecule has 1 atom stereocenters. The molecular formula is C18H21N3O5S. The van der Waals surface area contributed by atoms with E-state index in [9.17, 15) is 13.2 Å². The van der Waals surface area contributed by atoms with Gasteiger partial charge in [-0.05, 0) is 35.9 Å². The second-order valence-corrected chi connectivity index (χ2v) is 8.34. The van der Waals surface area contributed by atoms with Crippen molar-refractivity contribution in [2.75, 3.05) is 38.2 Å². The van der Waals surface area contributed by atoms with Crippen LogP contribution in [0.1, 0.15) is 17.4 Å². The smallest absolute Gasteiger partial charge is 0.240 e. The summed E-state index contributed by atoms with van der Waals surface area (Å²) in [6.45, 7) is 2.81. The second kappa shape index (κ2) is 7.43. The zero-order valence-corrected chi connectivity index (χ0v) is 15.5. The number of amides is 1. The van der Waals surface area contributed by atoms with Crippen LogP contribution in [-0.2, 0) is 26.0 Å². The van der Waals surface area contributed by atoms with Crippen molar-refractivity contribution < 1.29 is 22.4 Å². The first kappa shape index (κ1) is 18.2. The van der Waals surface area contributed by atoms with Crippen LogP contribution in [0.3, 0.4) is 0 Å². The van der Waals surface area contributed by atoms with Crippen LogP contribution in [0, 0.1) is 0 Å². The summed E-state index contributed by atoms with van der Waals surface area (Å²) in [6, 6.07) is 8.11. The largest absolute Gasteiger partial charge is 0.468 e. The number of anilines is 1. The topological polar surface area (TPSA) is 101 Å². The summed E-state index contributed by atoms with van der Waals surface area (Å²) in [6.07, 6.45) is 1.78. The Morgan fingerprint density at radius 3 is 2.78 bits per heavy atom. The Bertz CT molecular complexity index is 920. The van der Waals surface area contributed by atoms with Crippen LogP contribution in [0.5, 0.6) is 0 Å². The number of nitrogens with zero attached hydrogens (tertiary/aromatic N) is 1. The van der Waals surface area contributed by atoms with Crippen molar-refractivity contribution in [1.82, 2.24) is 9.62 Å². The molecular weight excluding hydrogens is 370 g/mol. The Morgan fingerprint density at radius 2 is 2.04 bits per heavy atom. The fourth-order valence-electron chi connectivity index (χ4n) is 3.42. The lowest BCUT2D eigenvalue weighted by Crippen LogP contribution is -2.43. The third-order valence-electron chi connectivity index (χ3n) is 4.84. The zero-order chi connectivity index (χ0) is 18.9. The van der Waals surface area contributed by atoms with E-state index in [4.69, 9.17) is 9.15 Å². The standard InChI is InChI=1S/C18H21N3O5S/c22-18-11-13-10-14(3-4-15(13)20-18)27(23,24)19-12-16(17-2-1-7-26-17)21-5-8-25-9-6-21/h1-4,7,10,16,19H,5-6,8-9,11-12H2,(H,20,22). The van der Waals surface area contributed by atoms with Crippen molar-refractivity contribution in [2.24, 2.45) is 0 Å². The number of hydrogen-bond acceptors (Lipinski definition) is 6. The predicted octanol–water partition coefficient (Wildman–Crippen LogP) is 1.13. The van der Waals surface area contributed by atoms with Crippen LogP contribution >= 0.6 is 0 Å². The van der Waals surface area contributed by atoms with Gasteiger partial charge in [-0.3, -0.25) is 9.69 Å². The Labute approximate surface area is 157 Å². The van der Waals surface area contributed by atoms with Crippen molar-refractivity contribution in [1.29, 1.82) is 0 Å². The molecule has 1 unspecified atom stereocenters. The molecule has 0 saturated carbocycles. The van der Waals surface area contributed by atoms with Crippen molar-refractivity contribution in [2.45, 2.75) is 17.4 Å². The lowest BCUT2D eigenvalue weighted by atomic mass is 10.2. The van der Waals surface area contributed by atoms with Crippen molar-refractivity contribution in [3.8, 4) is 0 Å². The number of fused-ring (bicyclic) bond motifs is 1. The highest BCUT2D eigenvalue weighted by molar-refractivity contribution is 7.89. The van der Waals surface area contributed by atoms with Gasteiger partial charge in [0, 0.05) is 25.3 Å². The number of carbonyl (C=O) groups excluding carboxylic acids is 1. The maximum Gasteiger partial charge on any atom is 0.240 e. The van der Waals surface area contributed by atoms with Crippen LogP contribution in [0.15, 0.2) is 45.9 Å². The number of rotatable bonds is 6. The number of nitrogens with one attached hydrogen (secondary N) is 2. The normalized spacial score (nSPS) is 18.9. The predicted molar refractivity (Wildman–Crippen MR) is 97.8 cm³/mol. The number of morpholine rings is 1. The van der Waals surface area contributed by atoms with E-state index in [1.165, 1.54) is 6.07 Å². The van der Waals surface area contributed by atoms with Gasteiger partial charge in [-0.1, -0.05) is 0 Å². The number of hydrogen-bond donors (Lipinski definition) is 2. The fraction of sp³-hybridized carbons (Fsp3) is 0.389. The molecule has 1 aromatic heterocycles. The molecule has 3 heterocycles. The van der Waals surface area contributed by atoms with Gasteiger partial charge >= 0.3 is 0 Å². The summed E-state index contributed by atoms with van der Waals surface area (Å²) in [5.41, 5.74) is 1.36. The van der Waals surface area contributed by atoms with E-state index in [-0.39, 0.29) is 29.8 Å². The third-order valence-corrected chi connectivity index (χ3v) is 6.26. The molecule has 9 heteroatoms. The Balaban J connectivity index is 1.51. The third kappa shape index (κ3) is 3.91. The van der Waals surface area contributed by atoms with E-state index >= 15 is 0 Å². The molecule has 2 aliphatic heterocycles. The van der Waals surface area contributed by atoms with Gasteiger partial charge in [0.25, 0.3) is 0 Å². The lowest BCUT2D eigenvalue weighted by molar-refractivity contribution is -0.115. The van der Waals surface area contributed by atoms with Gasteiger partial charge in [-0.25, -0.2) is 13.1 Å². The molecule has 8 nitrogen and oxygen atoms in total. The van der Waals surface area contributed by atoms with Crippen LogP contribution in [-0.4, -0.2) is 52.1 Å². The van der Waals surface area contributed by atoms with Gasteiger partial charge in [0.2, 0.25) is 15.9 Å². The van der Waals surface area contributed by atoms with Gasteiger partial charge in [0.15, 0.2) is 0 Å². The Morgan fingerprint density at radius 1 is 1.22 bits per heavy atom. The highest BCUT2D eigenvalue weighted by atomic mass is 32.2. The molecule has 2 aliphatic rings. The molecule has 0 aliphatic carbocycles. The highest BCUT2D eigenvalue weighted by Gasteiger charge is 2.27. The zero-order valence-electron chi connectivity index (χ0n) is 14.7. The molecule has 0 bridgehead atoms. The second-order valence-electron chi connectivity index (χ2n) is 6.58. The Kier molecular flexibility index (Phi) is 5.00. The summed E-state index contributed by atoms with van der Waals surface area (Å²) < 4.78 is 39.2. The molecule has 4 rings (SSSR count). The Hall–Kier alpha value is -2.20. The minimum atomic E-state index is -3.71. The van der Waals surface area contributed by atoms with Crippen LogP contribution in [0.2, 0.25) is 0 Å². The fourth-order valence-corrected chi connectivity index (χ4v) is 4.51.